The van der Waals surface area contributed by atoms with Gasteiger partial charge in [-0.1, -0.05) is 12.5 Å². The maximum Gasteiger partial charge on any atom is 0.223 e. The Morgan fingerprint density at radius 2 is 2.17 bits per heavy atom. The van der Waals surface area contributed by atoms with Gasteiger partial charge in [0.15, 0.2) is 0 Å². The number of hydrogen-bond acceptors (Lipinski definition) is 4. The Morgan fingerprint density at radius 3 is 2.97 bits per heavy atom. The monoisotopic (exact) mass is 396 g/mol. The first kappa shape index (κ1) is 20.0. The first-order valence-electron chi connectivity index (χ1n) is 10.8. The van der Waals surface area contributed by atoms with Gasteiger partial charge in [-0.25, -0.2) is 4.68 Å². The predicted molar refractivity (Wildman–Crippen MR) is 113 cm³/mol. The highest BCUT2D eigenvalue weighted by molar-refractivity contribution is 5.81. The largest absolute Gasteiger partial charge is 0.497 e. The highest BCUT2D eigenvalue weighted by Crippen LogP contribution is 2.31. The molecule has 2 aliphatic rings. The maximum atomic E-state index is 12.1. The van der Waals surface area contributed by atoms with E-state index >= 15 is 0 Å². The summed E-state index contributed by atoms with van der Waals surface area (Å²) in [5.74, 6) is 2.07. The third-order valence-corrected chi connectivity index (χ3v) is 6.05. The molecule has 1 aromatic heterocycles. The fourth-order valence-corrected chi connectivity index (χ4v) is 4.41. The standard InChI is InChI=1S/C23H32N4O2/c1-26(14-17-5-3-6-20(11-17)25-23(28)19-9-10-19)15-18-13-24-27(16-18)21-7-4-8-22(12-21)29-2/h4,7-8,12-13,16-17,19-20H,3,5-6,9-11,14-15H2,1-2H3,(H,25,28)/t17-,20+/m1/s1. The van der Waals surface area contributed by atoms with E-state index in [9.17, 15) is 4.79 Å². The van der Waals surface area contributed by atoms with Crippen LogP contribution >= 0.6 is 0 Å². The van der Waals surface area contributed by atoms with Gasteiger partial charge in [0.25, 0.3) is 0 Å². The zero-order valence-electron chi connectivity index (χ0n) is 17.5. The van der Waals surface area contributed by atoms with Gasteiger partial charge in [-0.05, 0) is 57.2 Å². The number of ether oxygens (including phenoxy) is 1. The molecule has 2 aliphatic carbocycles. The number of methoxy groups -OCH3 is 1. The first-order valence-corrected chi connectivity index (χ1v) is 10.8. The van der Waals surface area contributed by atoms with Crippen molar-refractivity contribution in [2.75, 3.05) is 20.7 Å². The second kappa shape index (κ2) is 8.99. The van der Waals surface area contributed by atoms with Crippen molar-refractivity contribution in [2.45, 2.75) is 51.1 Å². The van der Waals surface area contributed by atoms with E-state index in [2.05, 4.69) is 28.6 Å². The average molecular weight is 397 g/mol. The number of nitrogens with zero attached hydrogens (tertiary/aromatic N) is 3. The zero-order chi connectivity index (χ0) is 20.2. The summed E-state index contributed by atoms with van der Waals surface area (Å²) in [6.45, 7) is 1.93. The Kier molecular flexibility index (Phi) is 6.19. The summed E-state index contributed by atoms with van der Waals surface area (Å²) in [5, 5.41) is 7.80. The zero-order valence-corrected chi connectivity index (χ0v) is 17.5. The minimum absolute atomic E-state index is 0.286. The number of carbonyl (C=O) groups is 1. The molecule has 1 heterocycles. The lowest BCUT2D eigenvalue weighted by Gasteiger charge is -2.32. The number of hydrogen-bond donors (Lipinski definition) is 1. The van der Waals surface area contributed by atoms with Gasteiger partial charge in [0.1, 0.15) is 5.75 Å². The number of aromatic nitrogens is 2. The molecule has 1 aromatic carbocycles. The first-order chi connectivity index (χ1) is 14.1. The van der Waals surface area contributed by atoms with Gasteiger partial charge >= 0.3 is 0 Å². The Hall–Kier alpha value is -2.34. The van der Waals surface area contributed by atoms with Crippen LogP contribution in [0.3, 0.4) is 0 Å². The van der Waals surface area contributed by atoms with Crippen LogP contribution in [0.4, 0.5) is 0 Å². The van der Waals surface area contributed by atoms with Crippen LogP contribution in [0.5, 0.6) is 5.75 Å². The van der Waals surface area contributed by atoms with Crippen LogP contribution in [0.1, 0.15) is 44.1 Å². The van der Waals surface area contributed by atoms with Gasteiger partial charge in [-0.15, -0.1) is 0 Å². The fraction of sp³-hybridized carbons (Fsp3) is 0.565. The van der Waals surface area contributed by atoms with E-state index in [1.165, 1.54) is 18.4 Å². The number of benzene rings is 1. The normalized spacial score (nSPS) is 21.9. The molecule has 0 spiro atoms. The minimum atomic E-state index is 0.286. The molecule has 6 nitrogen and oxygen atoms in total. The van der Waals surface area contributed by atoms with Crippen LogP contribution in [-0.4, -0.2) is 47.3 Å². The van der Waals surface area contributed by atoms with E-state index in [1.54, 1.807) is 7.11 Å². The second-order valence-corrected chi connectivity index (χ2v) is 8.70. The van der Waals surface area contributed by atoms with Crippen LogP contribution in [0.2, 0.25) is 0 Å². The Labute approximate surface area is 173 Å². The molecule has 0 unspecified atom stereocenters. The molecule has 2 aromatic rings. The number of carbonyl (C=O) groups excluding carboxylic acids is 1. The minimum Gasteiger partial charge on any atom is -0.497 e. The highest BCUT2D eigenvalue weighted by atomic mass is 16.5. The van der Waals surface area contributed by atoms with Crippen LogP contribution < -0.4 is 10.1 Å². The quantitative estimate of drug-likeness (QED) is 0.743. The molecule has 1 amide bonds. The summed E-state index contributed by atoms with van der Waals surface area (Å²) in [7, 11) is 3.85. The molecule has 29 heavy (non-hydrogen) atoms. The summed E-state index contributed by atoms with van der Waals surface area (Å²) in [6, 6.07) is 8.29. The second-order valence-electron chi connectivity index (χ2n) is 8.70. The molecule has 0 bridgehead atoms. The van der Waals surface area contributed by atoms with Crippen molar-refractivity contribution in [3.63, 3.8) is 0 Å². The molecule has 0 aliphatic heterocycles. The molecule has 4 rings (SSSR count). The molecule has 1 N–H and O–H groups in total. The summed E-state index contributed by atoms with van der Waals surface area (Å²) < 4.78 is 7.20. The summed E-state index contributed by atoms with van der Waals surface area (Å²) >= 11 is 0. The van der Waals surface area contributed by atoms with Crippen molar-refractivity contribution in [1.29, 1.82) is 0 Å². The smallest absolute Gasteiger partial charge is 0.223 e. The lowest BCUT2D eigenvalue weighted by Crippen LogP contribution is -2.41. The maximum absolute atomic E-state index is 12.1. The summed E-state index contributed by atoms with van der Waals surface area (Å²) in [5.41, 5.74) is 2.20. The third-order valence-electron chi connectivity index (χ3n) is 6.05. The molecule has 2 fully saturated rings. The summed E-state index contributed by atoms with van der Waals surface area (Å²) in [6.07, 6.45) is 10.9. The highest BCUT2D eigenvalue weighted by Gasteiger charge is 2.32. The van der Waals surface area contributed by atoms with Gasteiger partial charge in [0.2, 0.25) is 5.91 Å². The molecule has 156 valence electrons. The number of rotatable bonds is 8. The topological polar surface area (TPSA) is 59.4 Å². The SMILES string of the molecule is COc1cccc(-n2cc(CN(C)C[C@@H]3CCC[C@H](NC(=O)C4CC4)C3)cn2)c1. The molecular weight excluding hydrogens is 364 g/mol. The molecule has 0 radical (unpaired) electrons. The van der Waals surface area contributed by atoms with Crippen molar-refractivity contribution >= 4 is 5.91 Å². The summed E-state index contributed by atoms with van der Waals surface area (Å²) in [4.78, 5) is 14.4. The van der Waals surface area contributed by atoms with Crippen LogP contribution in [0.25, 0.3) is 5.69 Å². The molecule has 2 atom stereocenters. The van der Waals surface area contributed by atoms with E-state index in [0.29, 0.717) is 17.9 Å². The van der Waals surface area contributed by atoms with Gasteiger partial charge in [0.05, 0.1) is 19.0 Å². The number of amides is 1. The molecular formula is C23H32N4O2. The van der Waals surface area contributed by atoms with Crippen LogP contribution in [0, 0.1) is 11.8 Å². The average Bonchev–Trinajstić information content (AvgIpc) is 3.48. The molecule has 0 saturated heterocycles. The van der Waals surface area contributed by atoms with E-state index in [-0.39, 0.29) is 5.91 Å². The van der Waals surface area contributed by atoms with E-state index in [0.717, 1.165) is 50.2 Å². The Morgan fingerprint density at radius 1 is 1.31 bits per heavy atom. The van der Waals surface area contributed by atoms with Crippen molar-refractivity contribution in [2.24, 2.45) is 11.8 Å². The third kappa shape index (κ3) is 5.38. The Bertz CT molecular complexity index is 830. The molecule has 2 saturated carbocycles. The van der Waals surface area contributed by atoms with E-state index in [1.807, 2.05) is 35.1 Å². The van der Waals surface area contributed by atoms with Crippen LogP contribution in [0.15, 0.2) is 36.7 Å². The van der Waals surface area contributed by atoms with Gasteiger partial charge < -0.3 is 15.0 Å². The van der Waals surface area contributed by atoms with Crippen molar-refractivity contribution in [3.8, 4) is 11.4 Å². The van der Waals surface area contributed by atoms with Crippen molar-refractivity contribution in [3.05, 3.63) is 42.2 Å². The van der Waals surface area contributed by atoms with E-state index in [4.69, 9.17) is 4.74 Å². The number of nitrogens with one attached hydrogen (secondary N) is 1. The van der Waals surface area contributed by atoms with Crippen molar-refractivity contribution in [1.82, 2.24) is 20.0 Å². The van der Waals surface area contributed by atoms with Crippen LogP contribution in [-0.2, 0) is 11.3 Å². The fourth-order valence-electron chi connectivity index (χ4n) is 4.41. The Balaban J connectivity index is 1.28. The lowest BCUT2D eigenvalue weighted by molar-refractivity contribution is -0.123. The predicted octanol–water partition coefficient (Wildman–Crippen LogP) is 3.40. The lowest BCUT2D eigenvalue weighted by atomic mass is 9.85. The van der Waals surface area contributed by atoms with Crippen molar-refractivity contribution < 1.29 is 9.53 Å². The molecule has 6 heteroatoms. The van der Waals surface area contributed by atoms with Gasteiger partial charge in [-0.2, -0.15) is 5.10 Å². The van der Waals surface area contributed by atoms with Gasteiger partial charge in [-0.3, -0.25) is 4.79 Å². The van der Waals surface area contributed by atoms with Gasteiger partial charge in [0, 0.05) is 42.9 Å². The van der Waals surface area contributed by atoms with E-state index < -0.39 is 0 Å².